The second-order valence-corrected chi connectivity index (χ2v) is 8.51. The number of pyridine rings is 2. The van der Waals surface area contributed by atoms with Gasteiger partial charge in [0.2, 0.25) is 5.69 Å². The first kappa shape index (κ1) is 18.4. The molecule has 0 saturated carbocycles. The van der Waals surface area contributed by atoms with Crippen molar-refractivity contribution in [2.45, 2.75) is 40.0 Å². The normalized spacial score (nSPS) is 11.8. The summed E-state index contributed by atoms with van der Waals surface area (Å²) in [6.07, 6.45) is 4.06. The van der Waals surface area contributed by atoms with Crippen LogP contribution in [0.4, 0.5) is 0 Å². The lowest BCUT2D eigenvalue weighted by atomic mass is 9.83. The number of aromatic nitrogens is 2. The summed E-state index contributed by atoms with van der Waals surface area (Å²) in [5.74, 6) is 0. The Bertz CT molecular complexity index is 1160. The highest BCUT2D eigenvalue weighted by molar-refractivity contribution is 5.95. The number of hydrogen-bond acceptors (Lipinski definition) is 1. The Morgan fingerprint density at radius 1 is 0.857 bits per heavy atom. The van der Waals surface area contributed by atoms with Crippen molar-refractivity contribution in [3.8, 4) is 16.9 Å². The van der Waals surface area contributed by atoms with Gasteiger partial charge in [-0.1, -0.05) is 51.1 Å². The van der Waals surface area contributed by atoms with Crippen LogP contribution in [-0.2, 0) is 5.41 Å². The van der Waals surface area contributed by atoms with E-state index >= 15 is 0 Å². The van der Waals surface area contributed by atoms with Crippen LogP contribution < -0.4 is 4.57 Å². The first-order valence-corrected chi connectivity index (χ1v) is 9.83. The molecule has 0 bridgehead atoms. The lowest BCUT2D eigenvalue weighted by molar-refractivity contribution is -0.603. The van der Waals surface area contributed by atoms with Crippen LogP contribution in [0.15, 0.2) is 73.1 Å². The van der Waals surface area contributed by atoms with Crippen LogP contribution in [-0.4, -0.2) is 4.98 Å². The largest absolute Gasteiger partial charge is 0.256 e. The van der Waals surface area contributed by atoms with Gasteiger partial charge in [-0.3, -0.25) is 4.98 Å². The quantitative estimate of drug-likeness (QED) is 0.392. The molecule has 140 valence electrons. The monoisotopic (exact) mass is 367 g/mol. The number of hydrogen-bond donors (Lipinski definition) is 0. The summed E-state index contributed by atoms with van der Waals surface area (Å²) in [5, 5.41) is 2.41. The maximum atomic E-state index is 4.81. The predicted molar refractivity (Wildman–Crippen MR) is 117 cm³/mol. The first-order chi connectivity index (χ1) is 13.4. The lowest BCUT2D eigenvalue weighted by Gasteiger charge is -2.22. The van der Waals surface area contributed by atoms with Crippen molar-refractivity contribution in [1.29, 1.82) is 0 Å². The van der Waals surface area contributed by atoms with Crippen LogP contribution in [0.2, 0.25) is 0 Å². The lowest BCUT2D eigenvalue weighted by Crippen LogP contribution is -2.35. The molecule has 0 amide bonds. The zero-order chi connectivity index (χ0) is 19.9. The van der Waals surface area contributed by atoms with E-state index in [0.29, 0.717) is 0 Å². The Balaban J connectivity index is 2.08. The average molecular weight is 368 g/mol. The van der Waals surface area contributed by atoms with E-state index in [1.54, 1.807) is 0 Å². The summed E-state index contributed by atoms with van der Waals surface area (Å²) in [5.41, 5.74) is 7.30. The van der Waals surface area contributed by atoms with Gasteiger partial charge in [0, 0.05) is 47.8 Å². The molecule has 0 aliphatic rings. The molecule has 2 heterocycles. The molecule has 0 aliphatic heterocycles. The van der Waals surface area contributed by atoms with Gasteiger partial charge < -0.3 is 0 Å². The third-order valence-corrected chi connectivity index (χ3v) is 5.50. The minimum Gasteiger partial charge on any atom is -0.256 e. The van der Waals surface area contributed by atoms with Crippen molar-refractivity contribution in [1.82, 2.24) is 4.98 Å². The minimum absolute atomic E-state index is 0.0467. The van der Waals surface area contributed by atoms with Gasteiger partial charge in [-0.2, -0.15) is 4.57 Å². The Morgan fingerprint density at radius 2 is 1.61 bits per heavy atom. The standard InChI is InChI=1S/C26H27N2/c1-18-10-8-9-15-28(18)24-17-21(26(3,4)5)16-23(19(24)2)25-22-12-7-6-11-20(22)13-14-27-25/h6-17H,1-5H3/q+1. The van der Waals surface area contributed by atoms with Gasteiger partial charge in [-0.15, -0.1) is 0 Å². The van der Waals surface area contributed by atoms with Gasteiger partial charge in [-0.25, -0.2) is 0 Å². The van der Waals surface area contributed by atoms with E-state index in [-0.39, 0.29) is 5.41 Å². The van der Waals surface area contributed by atoms with Crippen LogP contribution in [0.3, 0.4) is 0 Å². The van der Waals surface area contributed by atoms with Gasteiger partial charge in [0.05, 0.1) is 5.69 Å². The van der Waals surface area contributed by atoms with Gasteiger partial charge >= 0.3 is 0 Å². The molecule has 4 aromatic rings. The fourth-order valence-electron chi connectivity index (χ4n) is 3.76. The molecular formula is C26H27N2+. The summed E-state index contributed by atoms with van der Waals surface area (Å²) in [6.45, 7) is 11.2. The van der Waals surface area contributed by atoms with E-state index in [1.165, 1.54) is 38.8 Å². The molecule has 0 radical (unpaired) electrons. The van der Waals surface area contributed by atoms with Crippen LogP contribution in [0.5, 0.6) is 0 Å². The van der Waals surface area contributed by atoms with Crippen molar-refractivity contribution in [3.05, 3.63) is 89.9 Å². The smallest absolute Gasteiger partial charge is 0.214 e. The van der Waals surface area contributed by atoms with Crippen molar-refractivity contribution in [2.75, 3.05) is 0 Å². The van der Waals surface area contributed by atoms with Gasteiger partial charge in [0.25, 0.3) is 0 Å². The molecule has 28 heavy (non-hydrogen) atoms. The second kappa shape index (κ2) is 6.87. The highest BCUT2D eigenvalue weighted by Gasteiger charge is 2.24. The molecule has 0 aliphatic carbocycles. The molecule has 0 N–H and O–H groups in total. The van der Waals surface area contributed by atoms with Crippen molar-refractivity contribution >= 4 is 10.8 Å². The summed E-state index contributed by atoms with van der Waals surface area (Å²) in [6, 6.07) is 21.6. The molecule has 0 saturated heterocycles. The molecule has 0 unspecified atom stereocenters. The van der Waals surface area contributed by atoms with Gasteiger partial charge in [0.1, 0.15) is 0 Å². The SMILES string of the molecule is Cc1c(-c2nccc3ccccc23)cc(C(C)(C)C)cc1-[n+]1ccccc1C. The van der Waals surface area contributed by atoms with Crippen molar-refractivity contribution in [2.24, 2.45) is 0 Å². The molecule has 2 aromatic carbocycles. The van der Waals surface area contributed by atoms with Crippen molar-refractivity contribution in [3.63, 3.8) is 0 Å². The number of aryl methyl sites for hydroxylation is 1. The Hall–Kier alpha value is -3.00. The summed E-state index contributed by atoms with van der Waals surface area (Å²) < 4.78 is 2.28. The molecule has 2 aromatic heterocycles. The van der Waals surface area contributed by atoms with E-state index in [0.717, 1.165) is 5.69 Å². The molecule has 2 nitrogen and oxygen atoms in total. The minimum atomic E-state index is 0.0467. The Labute approximate surface area is 167 Å². The third kappa shape index (κ3) is 3.20. The predicted octanol–water partition coefficient (Wildman–Crippen LogP) is 6.09. The zero-order valence-electron chi connectivity index (χ0n) is 17.3. The van der Waals surface area contributed by atoms with Crippen molar-refractivity contribution < 1.29 is 4.57 Å². The zero-order valence-corrected chi connectivity index (χ0v) is 17.3. The summed E-state index contributed by atoms with van der Waals surface area (Å²) in [4.78, 5) is 4.81. The van der Waals surface area contributed by atoms with Gasteiger partial charge in [0.15, 0.2) is 11.9 Å². The maximum Gasteiger partial charge on any atom is 0.214 e. The average Bonchev–Trinajstić information content (AvgIpc) is 2.68. The molecule has 0 fully saturated rings. The van der Waals surface area contributed by atoms with Crippen LogP contribution in [0, 0.1) is 13.8 Å². The Morgan fingerprint density at radius 3 is 2.36 bits per heavy atom. The van der Waals surface area contributed by atoms with Crippen LogP contribution >= 0.6 is 0 Å². The highest BCUT2D eigenvalue weighted by atomic mass is 15.0. The number of rotatable bonds is 2. The highest BCUT2D eigenvalue weighted by Crippen LogP contribution is 2.35. The molecule has 4 rings (SSSR count). The van der Waals surface area contributed by atoms with E-state index in [1.807, 2.05) is 6.20 Å². The van der Waals surface area contributed by atoms with E-state index in [2.05, 4.69) is 106 Å². The molecular weight excluding hydrogens is 340 g/mol. The summed E-state index contributed by atoms with van der Waals surface area (Å²) >= 11 is 0. The molecule has 2 heteroatoms. The Kier molecular flexibility index (Phi) is 4.50. The van der Waals surface area contributed by atoms with Gasteiger partial charge in [-0.05, 0) is 35.4 Å². The number of nitrogens with zero attached hydrogens (tertiary/aromatic N) is 2. The van der Waals surface area contributed by atoms with Crippen LogP contribution in [0.25, 0.3) is 27.7 Å². The summed E-state index contributed by atoms with van der Waals surface area (Å²) in [7, 11) is 0. The first-order valence-electron chi connectivity index (χ1n) is 9.83. The number of fused-ring (bicyclic) bond motifs is 1. The molecule has 0 atom stereocenters. The number of benzene rings is 2. The fraction of sp³-hybridized carbons (Fsp3) is 0.231. The molecule has 0 spiro atoms. The fourth-order valence-corrected chi connectivity index (χ4v) is 3.76. The second-order valence-electron chi connectivity index (χ2n) is 8.51. The third-order valence-electron chi connectivity index (χ3n) is 5.50. The van der Waals surface area contributed by atoms with E-state index in [9.17, 15) is 0 Å². The topological polar surface area (TPSA) is 16.8 Å². The van der Waals surface area contributed by atoms with E-state index < -0.39 is 0 Å². The van der Waals surface area contributed by atoms with Crippen LogP contribution in [0.1, 0.15) is 37.6 Å². The maximum absolute atomic E-state index is 4.81. The van der Waals surface area contributed by atoms with E-state index in [4.69, 9.17) is 4.98 Å².